The van der Waals surface area contributed by atoms with E-state index in [2.05, 4.69) is 30.0 Å². The van der Waals surface area contributed by atoms with Gasteiger partial charge >= 0.3 is 5.97 Å². The van der Waals surface area contributed by atoms with Crippen LogP contribution in [0.15, 0.2) is 37.8 Å². The van der Waals surface area contributed by atoms with Gasteiger partial charge in [-0.25, -0.2) is 9.78 Å². The molecule has 3 heterocycles. The van der Waals surface area contributed by atoms with Crippen molar-refractivity contribution in [3.63, 3.8) is 0 Å². The fraction of sp³-hybridized carbons (Fsp3) is 0.444. The molecule has 0 aromatic carbocycles. The number of ether oxygens (including phenoxy) is 1. The minimum atomic E-state index is -0.278. The van der Waals surface area contributed by atoms with Crippen molar-refractivity contribution in [2.45, 2.75) is 26.7 Å². The largest absolute Gasteiger partial charge is 0.462 e. The number of nitrogens with zero attached hydrogens (tertiary/aromatic N) is 3. The molecule has 0 aliphatic carbocycles. The minimum absolute atomic E-state index is 0.278. The van der Waals surface area contributed by atoms with Gasteiger partial charge in [0.2, 0.25) is 0 Å². The predicted octanol–water partition coefficient (Wildman–Crippen LogP) is 3.55. The lowest BCUT2D eigenvalue weighted by molar-refractivity contribution is 0.0526. The average molecular weight is 315 g/mol. The molecule has 5 nitrogen and oxygen atoms in total. The average Bonchev–Trinajstić information content (AvgIpc) is 3.05. The minimum Gasteiger partial charge on any atom is -0.462 e. The summed E-state index contributed by atoms with van der Waals surface area (Å²) in [4.78, 5) is 18.8. The Morgan fingerprint density at radius 1 is 1.39 bits per heavy atom. The number of carbonyl (C=O) groups is 1. The summed E-state index contributed by atoms with van der Waals surface area (Å²) in [6.45, 7) is 12.5. The van der Waals surface area contributed by atoms with Crippen molar-refractivity contribution in [2.75, 3.05) is 24.6 Å². The van der Waals surface area contributed by atoms with Crippen molar-refractivity contribution in [1.82, 2.24) is 9.38 Å². The molecule has 1 saturated heterocycles. The highest BCUT2D eigenvalue weighted by atomic mass is 16.5. The fourth-order valence-corrected chi connectivity index (χ4v) is 2.82. The third-order valence-corrected chi connectivity index (χ3v) is 4.10. The molecule has 1 aliphatic heterocycles. The lowest BCUT2D eigenvalue weighted by Crippen LogP contribution is -2.33. The van der Waals surface area contributed by atoms with Crippen LogP contribution in [-0.2, 0) is 4.74 Å². The van der Waals surface area contributed by atoms with Gasteiger partial charge in [-0.15, -0.1) is 13.2 Å². The Kier molecular flexibility index (Phi) is 5.79. The zero-order valence-electron chi connectivity index (χ0n) is 14.0. The van der Waals surface area contributed by atoms with Crippen LogP contribution in [0.5, 0.6) is 0 Å². The quantitative estimate of drug-likeness (QED) is 0.642. The highest BCUT2D eigenvalue weighted by Crippen LogP contribution is 2.27. The van der Waals surface area contributed by atoms with Gasteiger partial charge in [0, 0.05) is 31.7 Å². The first-order valence-corrected chi connectivity index (χ1v) is 8.08. The van der Waals surface area contributed by atoms with Gasteiger partial charge in [-0.05, 0) is 31.7 Å². The van der Waals surface area contributed by atoms with Crippen molar-refractivity contribution >= 4 is 17.3 Å². The molecule has 2 aromatic heterocycles. The van der Waals surface area contributed by atoms with Gasteiger partial charge in [0.1, 0.15) is 0 Å². The molecule has 0 saturated carbocycles. The SMILES string of the molecule is C=C.CCOC(=O)c1cc(N2CCC(C)CC2)c2nccn2c1. The van der Waals surface area contributed by atoms with Crippen LogP contribution in [0.4, 0.5) is 5.69 Å². The van der Waals surface area contributed by atoms with Crippen molar-refractivity contribution < 1.29 is 9.53 Å². The van der Waals surface area contributed by atoms with E-state index in [0.29, 0.717) is 12.2 Å². The van der Waals surface area contributed by atoms with E-state index in [9.17, 15) is 4.79 Å². The topological polar surface area (TPSA) is 46.8 Å². The summed E-state index contributed by atoms with van der Waals surface area (Å²) in [5.74, 6) is 0.491. The molecule has 23 heavy (non-hydrogen) atoms. The van der Waals surface area contributed by atoms with Crippen LogP contribution in [0.1, 0.15) is 37.0 Å². The number of esters is 1. The molecule has 0 N–H and O–H groups in total. The van der Waals surface area contributed by atoms with Crippen LogP contribution >= 0.6 is 0 Å². The summed E-state index contributed by atoms with van der Waals surface area (Å²) in [6, 6.07) is 1.91. The van der Waals surface area contributed by atoms with E-state index in [0.717, 1.165) is 30.3 Å². The molecule has 0 bridgehead atoms. The molecular formula is C18H25N3O2. The van der Waals surface area contributed by atoms with Crippen molar-refractivity contribution in [3.8, 4) is 0 Å². The van der Waals surface area contributed by atoms with Gasteiger partial charge in [-0.2, -0.15) is 0 Å². The second-order valence-corrected chi connectivity index (χ2v) is 5.66. The predicted molar refractivity (Wildman–Crippen MR) is 93.0 cm³/mol. The fourth-order valence-electron chi connectivity index (χ4n) is 2.82. The zero-order chi connectivity index (χ0) is 16.8. The molecule has 0 amide bonds. The molecule has 124 valence electrons. The summed E-state index contributed by atoms with van der Waals surface area (Å²) in [5.41, 5.74) is 2.51. The molecule has 1 fully saturated rings. The third-order valence-electron chi connectivity index (χ3n) is 4.10. The molecule has 0 spiro atoms. The number of piperidine rings is 1. The molecule has 0 radical (unpaired) electrons. The number of rotatable bonds is 3. The van der Waals surface area contributed by atoms with Gasteiger partial charge in [-0.3, -0.25) is 0 Å². The number of pyridine rings is 1. The summed E-state index contributed by atoms with van der Waals surface area (Å²) in [7, 11) is 0. The number of aromatic nitrogens is 2. The molecule has 5 heteroatoms. The molecular weight excluding hydrogens is 290 g/mol. The first-order chi connectivity index (χ1) is 11.2. The van der Waals surface area contributed by atoms with Crippen molar-refractivity contribution in [3.05, 3.63) is 43.4 Å². The standard InChI is InChI=1S/C16H21N3O2.C2H4/c1-3-21-16(20)13-10-14(15-17-6-9-19(15)11-13)18-7-4-12(2)5-8-18;1-2/h6,9-12H,3-5,7-8H2,1-2H3;1-2H2. The molecule has 1 aliphatic rings. The smallest absolute Gasteiger partial charge is 0.339 e. The van der Waals surface area contributed by atoms with E-state index >= 15 is 0 Å². The summed E-state index contributed by atoms with van der Waals surface area (Å²) >= 11 is 0. The lowest BCUT2D eigenvalue weighted by atomic mass is 9.99. The first-order valence-electron chi connectivity index (χ1n) is 8.08. The molecule has 0 atom stereocenters. The van der Waals surface area contributed by atoms with E-state index in [4.69, 9.17) is 4.74 Å². The van der Waals surface area contributed by atoms with E-state index in [1.165, 1.54) is 12.8 Å². The number of anilines is 1. The number of carbonyl (C=O) groups excluding carboxylic acids is 1. The van der Waals surface area contributed by atoms with Crippen LogP contribution in [0.2, 0.25) is 0 Å². The molecule has 0 unspecified atom stereocenters. The monoisotopic (exact) mass is 315 g/mol. The second-order valence-electron chi connectivity index (χ2n) is 5.66. The highest BCUT2D eigenvalue weighted by Gasteiger charge is 2.20. The highest BCUT2D eigenvalue weighted by molar-refractivity contribution is 5.92. The van der Waals surface area contributed by atoms with Crippen LogP contribution in [-0.4, -0.2) is 35.1 Å². The van der Waals surface area contributed by atoms with E-state index in [1.54, 1.807) is 12.4 Å². The van der Waals surface area contributed by atoms with Crippen molar-refractivity contribution in [1.29, 1.82) is 0 Å². The van der Waals surface area contributed by atoms with Gasteiger partial charge < -0.3 is 14.0 Å². The Morgan fingerprint density at radius 3 is 2.74 bits per heavy atom. The van der Waals surface area contributed by atoms with Crippen LogP contribution < -0.4 is 4.90 Å². The van der Waals surface area contributed by atoms with E-state index in [-0.39, 0.29) is 5.97 Å². The number of hydrogen-bond donors (Lipinski definition) is 0. The normalized spacial score (nSPS) is 15.1. The Hall–Kier alpha value is -2.30. The Labute approximate surface area is 137 Å². The Balaban J connectivity index is 0.000000924. The van der Waals surface area contributed by atoms with Crippen LogP contribution in [0.3, 0.4) is 0 Å². The maximum Gasteiger partial charge on any atom is 0.339 e. The van der Waals surface area contributed by atoms with Gasteiger partial charge in [0.05, 0.1) is 17.9 Å². The zero-order valence-corrected chi connectivity index (χ0v) is 14.0. The van der Waals surface area contributed by atoms with E-state index < -0.39 is 0 Å². The Morgan fingerprint density at radius 2 is 2.09 bits per heavy atom. The maximum absolute atomic E-state index is 12.0. The third kappa shape index (κ3) is 3.73. The number of fused-ring (bicyclic) bond motifs is 1. The number of imidazole rings is 1. The number of hydrogen-bond acceptors (Lipinski definition) is 4. The van der Waals surface area contributed by atoms with Crippen LogP contribution in [0, 0.1) is 5.92 Å². The Bertz CT molecular complexity index is 657. The molecule has 2 aromatic rings. The van der Waals surface area contributed by atoms with Crippen molar-refractivity contribution in [2.24, 2.45) is 5.92 Å². The molecule has 3 rings (SSSR count). The first kappa shape index (κ1) is 17.1. The van der Waals surface area contributed by atoms with Gasteiger partial charge in [0.25, 0.3) is 0 Å². The maximum atomic E-state index is 12.0. The van der Waals surface area contributed by atoms with Gasteiger partial charge in [-0.1, -0.05) is 6.92 Å². The van der Waals surface area contributed by atoms with E-state index in [1.807, 2.05) is 23.6 Å². The van der Waals surface area contributed by atoms with Crippen LogP contribution in [0.25, 0.3) is 5.65 Å². The van der Waals surface area contributed by atoms with Gasteiger partial charge in [0.15, 0.2) is 5.65 Å². The lowest BCUT2D eigenvalue weighted by Gasteiger charge is -2.32. The second kappa shape index (κ2) is 7.81. The summed E-state index contributed by atoms with van der Waals surface area (Å²) < 4.78 is 7.02. The summed E-state index contributed by atoms with van der Waals surface area (Å²) in [6.07, 6.45) is 7.78. The summed E-state index contributed by atoms with van der Waals surface area (Å²) in [5, 5.41) is 0.